The summed E-state index contributed by atoms with van der Waals surface area (Å²) in [6, 6.07) is 7.27. The van der Waals surface area contributed by atoms with E-state index in [4.69, 9.17) is 67.3 Å². The van der Waals surface area contributed by atoms with Gasteiger partial charge in [-0.3, -0.25) is 0 Å². The zero-order valence-electron chi connectivity index (χ0n) is 30.8. The van der Waals surface area contributed by atoms with Gasteiger partial charge in [-0.2, -0.15) is 0 Å². The van der Waals surface area contributed by atoms with Crippen molar-refractivity contribution in [3.05, 3.63) is 24.3 Å². The van der Waals surface area contributed by atoms with E-state index in [9.17, 15) is 0 Å². The molecule has 0 aromatic heterocycles. The zero-order valence-corrected chi connectivity index (χ0v) is 32.9. The first kappa shape index (κ1) is 48.1. The number of hydrogen-bond donors (Lipinski definition) is 1. The van der Waals surface area contributed by atoms with Gasteiger partial charge >= 0.3 is 0 Å². The van der Waals surface area contributed by atoms with E-state index < -0.39 is 0 Å². The lowest BCUT2D eigenvalue weighted by Gasteiger charge is -2.09. The third-order valence-corrected chi connectivity index (χ3v) is 7.40. The fourth-order valence-electron chi connectivity index (χ4n) is 3.96. The van der Waals surface area contributed by atoms with Crippen LogP contribution in [0.2, 0.25) is 0 Å². The molecule has 0 spiro atoms. The van der Waals surface area contributed by atoms with Crippen molar-refractivity contribution in [2.75, 3.05) is 175 Å². The normalized spacial score (nSPS) is 11.5. The number of rotatable bonds is 43. The fourth-order valence-corrected chi connectivity index (χ4v) is 4.50. The summed E-state index contributed by atoms with van der Waals surface area (Å²) in [5.41, 5.74) is 6.36. The second-order valence-corrected chi connectivity index (χ2v) is 11.9. The zero-order chi connectivity index (χ0) is 36.4. The first-order chi connectivity index (χ1) is 25.3. The van der Waals surface area contributed by atoms with Crippen LogP contribution in [0.3, 0.4) is 0 Å². The minimum Gasteiger partial charge on any atom is -0.491 e. The van der Waals surface area contributed by atoms with Crippen LogP contribution in [-0.4, -0.2) is 170 Å². The van der Waals surface area contributed by atoms with Gasteiger partial charge in [-0.15, -0.1) is 0 Å². The Hall–Kier alpha value is -0.930. The van der Waals surface area contributed by atoms with E-state index in [1.165, 1.54) is 23.7 Å². The van der Waals surface area contributed by atoms with E-state index in [1.54, 1.807) is 12.1 Å². The molecule has 1 aromatic rings. The molecule has 14 nitrogen and oxygen atoms in total. The second-order valence-electron chi connectivity index (χ2n) is 10.9. The van der Waals surface area contributed by atoms with Crippen LogP contribution in [0.25, 0.3) is 0 Å². The Kier molecular flexibility index (Phi) is 39.4. The molecule has 0 fully saturated rings. The highest BCUT2D eigenvalue weighted by Gasteiger charge is 1.98. The van der Waals surface area contributed by atoms with Crippen molar-refractivity contribution < 1.29 is 61.6 Å². The quantitative estimate of drug-likeness (QED) is 0.0440. The Labute approximate surface area is 319 Å². The highest BCUT2D eigenvalue weighted by Crippen LogP contribution is 2.12. The van der Waals surface area contributed by atoms with Gasteiger partial charge in [0, 0.05) is 12.3 Å². The Morgan fingerprint density at radius 2 is 0.569 bits per heavy atom. The maximum atomic E-state index is 5.65. The molecule has 15 heteroatoms. The average molecular weight is 848 g/mol. The van der Waals surface area contributed by atoms with Crippen LogP contribution in [0.15, 0.2) is 24.3 Å². The van der Waals surface area contributed by atoms with Gasteiger partial charge in [-0.1, -0.05) is 35.4 Å². The molecule has 1 aromatic carbocycles. The van der Waals surface area contributed by atoms with Crippen molar-refractivity contribution >= 4 is 28.3 Å². The monoisotopic (exact) mass is 847 g/mol. The molecule has 0 aliphatic heterocycles. The molecule has 51 heavy (non-hydrogen) atoms. The lowest BCUT2D eigenvalue weighted by atomic mass is 10.2. The van der Waals surface area contributed by atoms with Gasteiger partial charge in [0.15, 0.2) is 0 Å². The summed E-state index contributed by atoms with van der Waals surface area (Å²) in [5.74, 6) is 0.772. The van der Waals surface area contributed by atoms with Gasteiger partial charge in [0.1, 0.15) is 12.4 Å². The van der Waals surface area contributed by atoms with Crippen LogP contribution in [0.5, 0.6) is 5.75 Å². The van der Waals surface area contributed by atoms with E-state index in [0.29, 0.717) is 164 Å². The van der Waals surface area contributed by atoms with E-state index in [0.717, 1.165) is 18.8 Å². The van der Waals surface area contributed by atoms with Gasteiger partial charge in [0.2, 0.25) is 0 Å². The molecule has 0 amide bonds. The summed E-state index contributed by atoms with van der Waals surface area (Å²) in [5, 5.41) is 0. The third-order valence-electron chi connectivity index (χ3n) is 6.64. The van der Waals surface area contributed by atoms with Crippen molar-refractivity contribution in [1.29, 1.82) is 0 Å². The Balaban J connectivity index is 1.61. The second kappa shape index (κ2) is 41.8. The topological polar surface area (TPSA) is 146 Å². The maximum absolute atomic E-state index is 5.65. The highest BCUT2D eigenvalue weighted by molar-refractivity contribution is 14.1. The summed E-state index contributed by atoms with van der Waals surface area (Å²) in [6.07, 6.45) is 4.97. The Morgan fingerprint density at radius 1 is 0.314 bits per heavy atom. The molecule has 0 bridgehead atoms. The van der Waals surface area contributed by atoms with Gasteiger partial charge in [-0.25, -0.2) is 0 Å². The standard InChI is InChI=1S/C36H66INO13/c37-9-3-1-2-4-10-39-11-12-40-13-14-41-15-16-42-17-18-43-19-20-44-21-22-45-23-24-46-25-26-47-27-28-48-29-30-49-31-32-50-33-34-51-36-7-5-35(38)6-8-36/h5-8H,1-4,9-34,38H2. The molecular weight excluding hydrogens is 781 g/mol. The molecule has 2 N–H and O–H groups in total. The van der Waals surface area contributed by atoms with Crippen LogP contribution in [0.1, 0.15) is 25.7 Å². The molecule has 0 heterocycles. The predicted octanol–water partition coefficient (Wildman–Crippen LogP) is 3.84. The third kappa shape index (κ3) is 38.6. The summed E-state index contributed by atoms with van der Waals surface area (Å²) in [4.78, 5) is 0. The van der Waals surface area contributed by atoms with E-state index in [2.05, 4.69) is 22.6 Å². The first-order valence-corrected chi connectivity index (χ1v) is 19.8. The number of halogens is 1. The SMILES string of the molecule is Nc1ccc(OCCOCCOCCOCCOCCOCCOCCOCCOCCOCCOCCOCCOCCCCCCI)cc1. The number of alkyl halides is 1. The molecule has 300 valence electrons. The number of ether oxygens (including phenoxy) is 13. The molecule has 0 saturated heterocycles. The smallest absolute Gasteiger partial charge is 0.119 e. The summed E-state index contributed by atoms with van der Waals surface area (Å²) in [6.45, 7) is 13.4. The van der Waals surface area contributed by atoms with Gasteiger partial charge in [-0.05, 0) is 41.5 Å². The Bertz CT molecular complexity index is 801. The molecule has 0 saturated carbocycles. The Morgan fingerprint density at radius 3 is 0.863 bits per heavy atom. The van der Waals surface area contributed by atoms with E-state index >= 15 is 0 Å². The minimum absolute atomic E-state index is 0.475. The number of anilines is 1. The largest absolute Gasteiger partial charge is 0.491 e. The van der Waals surface area contributed by atoms with Gasteiger partial charge < -0.3 is 67.3 Å². The number of unbranched alkanes of at least 4 members (excludes halogenated alkanes) is 3. The minimum atomic E-state index is 0.475. The molecule has 0 unspecified atom stereocenters. The van der Waals surface area contributed by atoms with Crippen molar-refractivity contribution in [3.8, 4) is 5.75 Å². The van der Waals surface area contributed by atoms with Crippen LogP contribution in [-0.2, 0) is 56.8 Å². The number of nitrogens with two attached hydrogens (primary N) is 1. The van der Waals surface area contributed by atoms with E-state index in [-0.39, 0.29) is 0 Å². The summed E-state index contributed by atoms with van der Waals surface area (Å²) in [7, 11) is 0. The molecule has 0 atom stereocenters. The number of benzene rings is 1. The van der Waals surface area contributed by atoms with Crippen molar-refractivity contribution in [3.63, 3.8) is 0 Å². The lowest BCUT2D eigenvalue weighted by molar-refractivity contribution is -0.0285. The molecular formula is C36H66INO13. The van der Waals surface area contributed by atoms with Crippen LogP contribution in [0.4, 0.5) is 5.69 Å². The molecule has 0 aliphatic carbocycles. The number of hydrogen-bond acceptors (Lipinski definition) is 14. The van der Waals surface area contributed by atoms with Crippen LogP contribution in [0, 0.1) is 0 Å². The van der Waals surface area contributed by atoms with Gasteiger partial charge in [0.25, 0.3) is 0 Å². The molecule has 1 rings (SSSR count). The van der Waals surface area contributed by atoms with Crippen molar-refractivity contribution in [2.45, 2.75) is 25.7 Å². The fraction of sp³-hybridized carbons (Fsp3) is 0.833. The van der Waals surface area contributed by atoms with Gasteiger partial charge in [0.05, 0.1) is 152 Å². The van der Waals surface area contributed by atoms with E-state index in [1.807, 2.05) is 12.1 Å². The first-order valence-electron chi connectivity index (χ1n) is 18.3. The van der Waals surface area contributed by atoms with Crippen LogP contribution >= 0.6 is 22.6 Å². The summed E-state index contributed by atoms with van der Waals surface area (Å²) < 4.78 is 72.8. The average Bonchev–Trinajstić information content (AvgIpc) is 3.14. The number of nitrogen functional groups attached to an aromatic ring is 1. The van der Waals surface area contributed by atoms with Crippen molar-refractivity contribution in [1.82, 2.24) is 0 Å². The predicted molar refractivity (Wildman–Crippen MR) is 204 cm³/mol. The molecule has 0 radical (unpaired) electrons. The van der Waals surface area contributed by atoms with Crippen LogP contribution < -0.4 is 10.5 Å². The summed E-state index contributed by atoms with van der Waals surface area (Å²) >= 11 is 2.42. The maximum Gasteiger partial charge on any atom is 0.119 e. The highest BCUT2D eigenvalue weighted by atomic mass is 127. The lowest BCUT2D eigenvalue weighted by Crippen LogP contribution is -2.15. The molecule has 0 aliphatic rings. The van der Waals surface area contributed by atoms with Crippen molar-refractivity contribution in [2.24, 2.45) is 0 Å².